The molecule has 10 heavy (non-hydrogen) atoms. The van der Waals surface area contributed by atoms with E-state index in [1.165, 1.54) is 6.42 Å². The summed E-state index contributed by atoms with van der Waals surface area (Å²) in [6.07, 6.45) is 3.36. The summed E-state index contributed by atoms with van der Waals surface area (Å²) in [6.45, 7) is 8.92. The van der Waals surface area contributed by atoms with Gasteiger partial charge in [-0.2, -0.15) is 0 Å². The Bertz CT molecular complexity index is 42.0. The smallest absolute Gasteiger partial charge is 0.0431 e. The van der Waals surface area contributed by atoms with Crippen molar-refractivity contribution in [3.8, 4) is 0 Å². The standard InChI is InChI=1S/C6H14O.C3H8/c1-6(2)4-3-5-7;1-3-2/h6-7H,3-5H2,1-2H3;3H2,1-2H3. The van der Waals surface area contributed by atoms with Crippen molar-refractivity contribution in [3.05, 3.63) is 0 Å². The van der Waals surface area contributed by atoms with Crippen LogP contribution in [0.5, 0.6) is 0 Å². The van der Waals surface area contributed by atoms with E-state index in [9.17, 15) is 0 Å². The van der Waals surface area contributed by atoms with E-state index in [4.69, 9.17) is 5.11 Å². The first-order chi connectivity index (χ1) is 4.68. The molecule has 0 spiro atoms. The van der Waals surface area contributed by atoms with Crippen LogP contribution in [0.3, 0.4) is 0 Å². The zero-order chi connectivity index (χ0) is 8.41. The van der Waals surface area contributed by atoms with Crippen molar-refractivity contribution in [1.82, 2.24) is 0 Å². The minimum Gasteiger partial charge on any atom is -0.396 e. The van der Waals surface area contributed by atoms with Crippen LogP contribution in [-0.4, -0.2) is 11.7 Å². The Kier molecular flexibility index (Phi) is 14.8. The van der Waals surface area contributed by atoms with Gasteiger partial charge in [0.15, 0.2) is 0 Å². The van der Waals surface area contributed by atoms with Gasteiger partial charge < -0.3 is 5.11 Å². The Morgan fingerprint density at radius 2 is 1.60 bits per heavy atom. The van der Waals surface area contributed by atoms with Crippen LogP contribution in [0.25, 0.3) is 0 Å². The quantitative estimate of drug-likeness (QED) is 0.649. The van der Waals surface area contributed by atoms with Gasteiger partial charge in [0.2, 0.25) is 0 Å². The molecule has 0 unspecified atom stereocenters. The zero-order valence-electron chi connectivity index (χ0n) is 7.85. The molecule has 0 aromatic carbocycles. The first-order valence-corrected chi connectivity index (χ1v) is 4.29. The lowest BCUT2D eigenvalue weighted by molar-refractivity contribution is 0.276. The summed E-state index contributed by atoms with van der Waals surface area (Å²) in [5, 5.41) is 8.32. The average molecular weight is 146 g/mol. The number of hydrogen-bond donors (Lipinski definition) is 1. The van der Waals surface area contributed by atoms with Crippen molar-refractivity contribution >= 4 is 0 Å². The summed E-state index contributed by atoms with van der Waals surface area (Å²) < 4.78 is 0. The number of hydrogen-bond acceptors (Lipinski definition) is 1. The van der Waals surface area contributed by atoms with E-state index in [-0.39, 0.29) is 0 Å². The largest absolute Gasteiger partial charge is 0.396 e. The molecule has 0 aromatic heterocycles. The van der Waals surface area contributed by atoms with Crippen LogP contribution in [0.2, 0.25) is 0 Å². The van der Waals surface area contributed by atoms with Crippen LogP contribution in [0.1, 0.15) is 47.0 Å². The first-order valence-electron chi connectivity index (χ1n) is 4.29. The molecule has 0 saturated heterocycles. The maximum atomic E-state index is 8.32. The molecule has 0 aliphatic carbocycles. The minimum atomic E-state index is 0.345. The van der Waals surface area contributed by atoms with E-state index in [2.05, 4.69) is 27.7 Å². The van der Waals surface area contributed by atoms with E-state index in [1.54, 1.807) is 0 Å². The van der Waals surface area contributed by atoms with E-state index in [0.29, 0.717) is 6.61 Å². The molecule has 0 aliphatic rings. The van der Waals surface area contributed by atoms with Gasteiger partial charge >= 0.3 is 0 Å². The monoisotopic (exact) mass is 146 g/mol. The summed E-state index contributed by atoms with van der Waals surface area (Å²) in [5.74, 6) is 0.743. The molecule has 0 bridgehead atoms. The third-order valence-corrected chi connectivity index (χ3v) is 0.940. The van der Waals surface area contributed by atoms with Crippen molar-refractivity contribution in [3.63, 3.8) is 0 Å². The fourth-order valence-corrected chi connectivity index (χ4v) is 0.500. The van der Waals surface area contributed by atoms with Crippen LogP contribution in [0.15, 0.2) is 0 Å². The third kappa shape index (κ3) is 24.6. The molecule has 0 aromatic rings. The van der Waals surface area contributed by atoms with E-state index >= 15 is 0 Å². The molecule has 0 saturated carbocycles. The van der Waals surface area contributed by atoms with Gasteiger partial charge in [-0.15, -0.1) is 0 Å². The van der Waals surface area contributed by atoms with Gasteiger partial charge in [-0.25, -0.2) is 0 Å². The molecule has 1 N–H and O–H groups in total. The molecule has 0 rings (SSSR count). The molecule has 0 amide bonds. The Morgan fingerprint density at radius 3 is 1.70 bits per heavy atom. The van der Waals surface area contributed by atoms with Gasteiger partial charge in [0.05, 0.1) is 0 Å². The van der Waals surface area contributed by atoms with Gasteiger partial charge in [-0.3, -0.25) is 0 Å². The predicted octanol–water partition coefficient (Wildman–Crippen LogP) is 2.83. The van der Waals surface area contributed by atoms with Gasteiger partial charge in [0.25, 0.3) is 0 Å². The predicted molar refractivity (Wildman–Crippen MR) is 47.1 cm³/mol. The molecule has 0 aliphatic heterocycles. The third-order valence-electron chi connectivity index (χ3n) is 0.940. The average Bonchev–Trinajstić information content (AvgIpc) is 1.85. The molecular weight excluding hydrogens is 124 g/mol. The highest BCUT2D eigenvalue weighted by Gasteiger charge is 1.89. The van der Waals surface area contributed by atoms with Crippen LogP contribution in [-0.2, 0) is 0 Å². The molecule has 1 nitrogen and oxygen atoms in total. The highest BCUT2D eigenvalue weighted by molar-refractivity contribution is 4.42. The number of aliphatic hydroxyl groups is 1. The van der Waals surface area contributed by atoms with Gasteiger partial charge in [0, 0.05) is 6.61 Å². The Balaban J connectivity index is 0. The lowest BCUT2D eigenvalue weighted by Gasteiger charge is -1.98. The van der Waals surface area contributed by atoms with Crippen molar-refractivity contribution in [2.24, 2.45) is 5.92 Å². The summed E-state index contributed by atoms with van der Waals surface area (Å²) >= 11 is 0. The van der Waals surface area contributed by atoms with Crippen molar-refractivity contribution in [1.29, 1.82) is 0 Å². The molecule has 0 fully saturated rings. The highest BCUT2D eigenvalue weighted by Crippen LogP contribution is 2.00. The lowest BCUT2D eigenvalue weighted by atomic mass is 10.1. The lowest BCUT2D eigenvalue weighted by Crippen LogP contribution is -1.89. The molecule has 0 heterocycles. The van der Waals surface area contributed by atoms with Crippen LogP contribution in [0, 0.1) is 5.92 Å². The SMILES string of the molecule is CC(C)CCCO.CCC. The number of aliphatic hydroxyl groups excluding tert-OH is 1. The minimum absolute atomic E-state index is 0.345. The Labute approximate surface area is 65.5 Å². The van der Waals surface area contributed by atoms with Crippen molar-refractivity contribution in [2.45, 2.75) is 47.0 Å². The van der Waals surface area contributed by atoms with Crippen LogP contribution in [0.4, 0.5) is 0 Å². The normalized spacial score (nSPS) is 9.00. The molecule has 64 valence electrons. The Hall–Kier alpha value is -0.0400. The van der Waals surface area contributed by atoms with Gasteiger partial charge in [-0.1, -0.05) is 34.1 Å². The fraction of sp³-hybridized carbons (Fsp3) is 1.00. The van der Waals surface area contributed by atoms with Gasteiger partial charge in [0.1, 0.15) is 0 Å². The van der Waals surface area contributed by atoms with Crippen molar-refractivity contribution in [2.75, 3.05) is 6.61 Å². The maximum Gasteiger partial charge on any atom is 0.0431 e. The second-order valence-electron chi connectivity index (χ2n) is 2.97. The Morgan fingerprint density at radius 1 is 1.20 bits per heavy atom. The number of rotatable bonds is 3. The van der Waals surface area contributed by atoms with Gasteiger partial charge in [-0.05, 0) is 18.8 Å². The summed E-state index contributed by atoms with van der Waals surface area (Å²) in [7, 11) is 0. The fourth-order valence-electron chi connectivity index (χ4n) is 0.500. The molecule has 0 atom stereocenters. The maximum absolute atomic E-state index is 8.32. The second-order valence-corrected chi connectivity index (χ2v) is 2.97. The summed E-state index contributed by atoms with van der Waals surface area (Å²) in [4.78, 5) is 0. The summed E-state index contributed by atoms with van der Waals surface area (Å²) in [6, 6.07) is 0. The topological polar surface area (TPSA) is 20.2 Å². The molecular formula is C9H22O. The van der Waals surface area contributed by atoms with E-state index < -0.39 is 0 Å². The molecule has 1 heteroatoms. The highest BCUT2D eigenvalue weighted by atomic mass is 16.2. The van der Waals surface area contributed by atoms with Crippen molar-refractivity contribution < 1.29 is 5.11 Å². The van der Waals surface area contributed by atoms with Crippen LogP contribution >= 0.6 is 0 Å². The zero-order valence-corrected chi connectivity index (χ0v) is 7.85. The van der Waals surface area contributed by atoms with E-state index in [1.807, 2.05) is 0 Å². The van der Waals surface area contributed by atoms with Crippen LogP contribution < -0.4 is 0 Å². The first kappa shape index (κ1) is 12.6. The molecule has 0 radical (unpaired) electrons. The summed E-state index contributed by atoms with van der Waals surface area (Å²) in [5.41, 5.74) is 0. The second kappa shape index (κ2) is 11.7. The van der Waals surface area contributed by atoms with E-state index in [0.717, 1.165) is 18.8 Å².